The summed E-state index contributed by atoms with van der Waals surface area (Å²) in [7, 11) is -3.44. The molecule has 0 amide bonds. The summed E-state index contributed by atoms with van der Waals surface area (Å²) in [5.41, 5.74) is -0.482. The molecule has 1 rings (SSSR count). The minimum Gasteiger partial charge on any atom is -0.207 e. The minimum absolute atomic E-state index is 0.220. The zero-order valence-electron chi connectivity index (χ0n) is 8.87. The van der Waals surface area contributed by atoms with E-state index in [0.717, 1.165) is 0 Å². The second-order valence-corrected chi connectivity index (χ2v) is 7.12. The van der Waals surface area contributed by atoms with Crippen LogP contribution in [0.1, 0.15) is 25.6 Å². The molecule has 0 aromatic carbocycles. The first-order valence-electron chi connectivity index (χ1n) is 4.42. The van der Waals surface area contributed by atoms with E-state index in [9.17, 15) is 8.42 Å². The van der Waals surface area contributed by atoms with E-state index in [4.69, 9.17) is 11.6 Å². The first-order valence-corrected chi connectivity index (χ1v) is 7.32. The van der Waals surface area contributed by atoms with Crippen molar-refractivity contribution in [3.8, 4) is 0 Å². The smallest absolute Gasteiger partial charge is 0.207 e. The van der Waals surface area contributed by atoms with E-state index < -0.39 is 15.6 Å². The lowest BCUT2D eigenvalue weighted by Gasteiger charge is -2.20. The molecule has 0 fully saturated rings. The fourth-order valence-corrected chi connectivity index (χ4v) is 4.25. The Labute approximate surface area is 99.5 Å². The first-order chi connectivity index (χ1) is 6.76. The third-order valence-corrected chi connectivity index (χ3v) is 4.87. The van der Waals surface area contributed by atoms with E-state index in [1.807, 2.05) is 0 Å². The molecule has 0 aliphatic rings. The van der Waals surface area contributed by atoms with Gasteiger partial charge in [-0.2, -0.15) is 0 Å². The summed E-state index contributed by atoms with van der Waals surface area (Å²) < 4.78 is 26.4. The van der Waals surface area contributed by atoms with Gasteiger partial charge >= 0.3 is 0 Å². The molecule has 1 heterocycles. The summed E-state index contributed by atoms with van der Waals surface area (Å²) in [6, 6.07) is 1.58. The molecule has 3 nitrogen and oxygen atoms in total. The average molecular weight is 268 g/mol. The molecule has 0 unspecified atom stereocenters. The predicted octanol–water partition coefficient (Wildman–Crippen LogP) is 2.56. The number of hydrogen-bond donors (Lipinski definition) is 1. The van der Waals surface area contributed by atoms with Crippen LogP contribution in [0.4, 0.5) is 0 Å². The van der Waals surface area contributed by atoms with E-state index in [0.29, 0.717) is 4.88 Å². The molecule has 0 aliphatic carbocycles. The van der Waals surface area contributed by atoms with Crippen molar-refractivity contribution < 1.29 is 8.42 Å². The summed E-state index contributed by atoms with van der Waals surface area (Å²) in [5.74, 6) is 0.220. The standard InChI is InChI=1S/C9H14ClNO2S2/c1-9(2,3)11-15(12,13)8-4-5-14-7(8)6-10/h4-5,11H,6H2,1-3H3. The molecule has 0 saturated carbocycles. The number of hydrogen-bond acceptors (Lipinski definition) is 3. The maximum Gasteiger partial charge on any atom is 0.242 e. The Balaban J connectivity index is 3.07. The zero-order valence-corrected chi connectivity index (χ0v) is 11.3. The van der Waals surface area contributed by atoms with Gasteiger partial charge in [-0.15, -0.1) is 22.9 Å². The fraction of sp³-hybridized carbons (Fsp3) is 0.556. The van der Waals surface area contributed by atoms with E-state index in [-0.39, 0.29) is 10.8 Å². The van der Waals surface area contributed by atoms with Crippen LogP contribution in [-0.2, 0) is 15.9 Å². The maximum atomic E-state index is 11.9. The molecule has 0 atom stereocenters. The van der Waals surface area contributed by atoms with Crippen LogP contribution in [0.5, 0.6) is 0 Å². The molecule has 1 aromatic rings. The van der Waals surface area contributed by atoms with Crippen LogP contribution in [0.15, 0.2) is 16.3 Å². The highest BCUT2D eigenvalue weighted by atomic mass is 35.5. The Hall–Kier alpha value is -0.100. The Morgan fingerprint density at radius 1 is 1.47 bits per heavy atom. The van der Waals surface area contributed by atoms with Gasteiger partial charge in [-0.25, -0.2) is 13.1 Å². The van der Waals surface area contributed by atoms with Gasteiger partial charge < -0.3 is 0 Å². The largest absolute Gasteiger partial charge is 0.242 e. The SMILES string of the molecule is CC(C)(C)NS(=O)(=O)c1ccsc1CCl. The van der Waals surface area contributed by atoms with Crippen molar-refractivity contribution in [3.05, 3.63) is 16.3 Å². The van der Waals surface area contributed by atoms with E-state index in [1.54, 1.807) is 32.2 Å². The van der Waals surface area contributed by atoms with Gasteiger partial charge in [0.15, 0.2) is 0 Å². The van der Waals surface area contributed by atoms with Crippen molar-refractivity contribution in [2.45, 2.75) is 37.1 Å². The number of sulfonamides is 1. The number of rotatable bonds is 3. The molecule has 1 aromatic heterocycles. The van der Waals surface area contributed by atoms with E-state index in [1.165, 1.54) is 11.3 Å². The van der Waals surface area contributed by atoms with Gasteiger partial charge in [0.25, 0.3) is 0 Å². The summed E-state index contributed by atoms with van der Waals surface area (Å²) in [5, 5.41) is 1.73. The Morgan fingerprint density at radius 3 is 2.53 bits per heavy atom. The molecule has 6 heteroatoms. The van der Waals surface area contributed by atoms with Crippen molar-refractivity contribution in [2.75, 3.05) is 0 Å². The molecule has 86 valence electrons. The highest BCUT2D eigenvalue weighted by Gasteiger charge is 2.24. The maximum absolute atomic E-state index is 11.9. The molecule has 0 radical (unpaired) electrons. The van der Waals surface area contributed by atoms with Crippen LogP contribution in [0, 0.1) is 0 Å². The summed E-state index contributed by atoms with van der Waals surface area (Å²) in [6.45, 7) is 5.41. The molecule has 1 N–H and O–H groups in total. The van der Waals surface area contributed by atoms with Gasteiger partial charge in [-0.05, 0) is 32.2 Å². The normalized spacial score (nSPS) is 13.1. The summed E-state index contributed by atoms with van der Waals surface area (Å²) in [6.07, 6.45) is 0. The highest BCUT2D eigenvalue weighted by molar-refractivity contribution is 7.89. The number of halogens is 1. The predicted molar refractivity (Wildman–Crippen MR) is 64.0 cm³/mol. The molecule has 0 saturated heterocycles. The molecule has 0 aliphatic heterocycles. The van der Waals surface area contributed by atoms with Crippen molar-refractivity contribution in [1.29, 1.82) is 0 Å². The topological polar surface area (TPSA) is 46.2 Å². The first kappa shape index (κ1) is 13.0. The summed E-state index contributed by atoms with van der Waals surface area (Å²) in [4.78, 5) is 0.964. The third kappa shape index (κ3) is 3.45. The molecular formula is C9H14ClNO2S2. The van der Waals surface area contributed by atoms with Gasteiger partial charge in [0, 0.05) is 10.4 Å². The third-order valence-electron chi connectivity index (χ3n) is 1.56. The van der Waals surface area contributed by atoms with Gasteiger partial charge in [-0.1, -0.05) is 0 Å². The Morgan fingerprint density at radius 2 is 2.07 bits per heavy atom. The fourth-order valence-electron chi connectivity index (χ4n) is 1.12. The second-order valence-electron chi connectivity index (χ2n) is 4.20. The molecule has 15 heavy (non-hydrogen) atoms. The minimum atomic E-state index is -3.44. The van der Waals surface area contributed by atoms with Crippen LogP contribution in [-0.4, -0.2) is 14.0 Å². The second kappa shape index (κ2) is 4.41. The van der Waals surface area contributed by atoms with E-state index in [2.05, 4.69) is 4.72 Å². The van der Waals surface area contributed by atoms with Crippen LogP contribution >= 0.6 is 22.9 Å². The lowest BCUT2D eigenvalue weighted by molar-refractivity contribution is 0.491. The van der Waals surface area contributed by atoms with Crippen molar-refractivity contribution in [1.82, 2.24) is 4.72 Å². The lowest BCUT2D eigenvalue weighted by Crippen LogP contribution is -2.40. The Bertz CT molecular complexity index is 431. The Kier molecular flexibility index (Phi) is 3.81. The highest BCUT2D eigenvalue weighted by Crippen LogP contribution is 2.24. The number of thiophene rings is 1. The average Bonchev–Trinajstić information content (AvgIpc) is 2.46. The monoisotopic (exact) mass is 267 g/mol. The lowest BCUT2D eigenvalue weighted by atomic mass is 10.1. The van der Waals surface area contributed by atoms with Gasteiger partial charge in [0.2, 0.25) is 10.0 Å². The van der Waals surface area contributed by atoms with E-state index >= 15 is 0 Å². The molecule has 0 bridgehead atoms. The zero-order chi connectivity index (χ0) is 11.7. The number of nitrogens with one attached hydrogen (secondary N) is 1. The van der Waals surface area contributed by atoms with Gasteiger partial charge in [-0.3, -0.25) is 0 Å². The van der Waals surface area contributed by atoms with Crippen LogP contribution in [0.2, 0.25) is 0 Å². The van der Waals surface area contributed by atoms with Crippen LogP contribution < -0.4 is 4.72 Å². The van der Waals surface area contributed by atoms with Crippen molar-refractivity contribution in [2.24, 2.45) is 0 Å². The quantitative estimate of drug-likeness (QED) is 0.856. The molecule has 0 spiro atoms. The van der Waals surface area contributed by atoms with Gasteiger partial charge in [0.1, 0.15) is 0 Å². The van der Waals surface area contributed by atoms with Gasteiger partial charge in [0.05, 0.1) is 10.8 Å². The number of alkyl halides is 1. The summed E-state index contributed by atoms with van der Waals surface area (Å²) >= 11 is 7.02. The van der Waals surface area contributed by atoms with Crippen molar-refractivity contribution in [3.63, 3.8) is 0 Å². The molecular weight excluding hydrogens is 254 g/mol. The van der Waals surface area contributed by atoms with Crippen LogP contribution in [0.3, 0.4) is 0 Å². The van der Waals surface area contributed by atoms with Crippen molar-refractivity contribution >= 4 is 33.0 Å². The van der Waals surface area contributed by atoms with Crippen LogP contribution in [0.25, 0.3) is 0 Å².